The van der Waals surface area contributed by atoms with Gasteiger partial charge >= 0.3 is 0 Å². The lowest BCUT2D eigenvalue weighted by Gasteiger charge is -2.12. The molecule has 3 N–H and O–H groups in total. The number of fused-ring (bicyclic) bond motifs is 2. The third-order valence-corrected chi connectivity index (χ3v) is 6.99. The molecule has 2 heterocycles. The van der Waals surface area contributed by atoms with Gasteiger partial charge in [0.25, 0.3) is 0 Å². The number of nitrogens with one attached hydrogen (secondary N) is 1. The van der Waals surface area contributed by atoms with Crippen LogP contribution in [0.1, 0.15) is 47.7 Å². The van der Waals surface area contributed by atoms with Crippen molar-refractivity contribution in [3.05, 3.63) is 35.2 Å². The van der Waals surface area contributed by atoms with Crippen molar-refractivity contribution in [2.45, 2.75) is 55.6 Å². The number of benzene rings is 1. The van der Waals surface area contributed by atoms with Crippen molar-refractivity contribution in [1.82, 2.24) is 24.8 Å². The fraction of sp³-hybridized carbons (Fsp3) is 0.409. The van der Waals surface area contributed by atoms with E-state index in [1.54, 1.807) is 0 Å². The van der Waals surface area contributed by atoms with Gasteiger partial charge < -0.3 is 15.6 Å². The van der Waals surface area contributed by atoms with E-state index < -0.39 is 0 Å². The van der Waals surface area contributed by atoms with Crippen LogP contribution >= 0.6 is 11.8 Å². The van der Waals surface area contributed by atoms with E-state index in [2.05, 4.69) is 28.3 Å². The number of nitrogens with two attached hydrogens (primary N) is 1. The summed E-state index contributed by atoms with van der Waals surface area (Å²) in [6, 6.07) is 4.15. The van der Waals surface area contributed by atoms with Gasteiger partial charge in [0.15, 0.2) is 27.9 Å². The highest BCUT2D eigenvalue weighted by molar-refractivity contribution is 7.99. The topological polar surface area (TPSA) is 116 Å². The van der Waals surface area contributed by atoms with Crippen LogP contribution in [-0.2, 0) is 24.2 Å². The molecular weight excluding hydrogens is 412 g/mol. The van der Waals surface area contributed by atoms with Crippen LogP contribution in [0.2, 0.25) is 0 Å². The molecule has 8 nitrogen and oxygen atoms in total. The molecule has 0 radical (unpaired) electrons. The second-order valence-corrected chi connectivity index (χ2v) is 9.05. The van der Waals surface area contributed by atoms with Crippen molar-refractivity contribution in [2.24, 2.45) is 5.92 Å². The molecule has 1 amide bonds. The lowest BCUT2D eigenvalue weighted by atomic mass is 10.0. The van der Waals surface area contributed by atoms with Gasteiger partial charge in [0.1, 0.15) is 6.33 Å². The fourth-order valence-electron chi connectivity index (χ4n) is 3.99. The zero-order valence-corrected chi connectivity index (χ0v) is 18.2. The maximum atomic E-state index is 12.3. The minimum absolute atomic E-state index is 0.109. The summed E-state index contributed by atoms with van der Waals surface area (Å²) in [6.07, 6.45) is 5.64. The summed E-state index contributed by atoms with van der Waals surface area (Å²) in [5.74, 6) is 0.805. The number of nitrogens with zero attached hydrogens (tertiary/aromatic N) is 4. The molecule has 3 aromatic rings. The van der Waals surface area contributed by atoms with Gasteiger partial charge in [-0.2, -0.15) is 0 Å². The molecule has 0 saturated heterocycles. The van der Waals surface area contributed by atoms with Gasteiger partial charge in [0.05, 0.1) is 0 Å². The monoisotopic (exact) mass is 436 g/mol. The molecule has 31 heavy (non-hydrogen) atoms. The predicted octanol–water partition coefficient (Wildman–Crippen LogP) is 2.78. The molecule has 0 aliphatic heterocycles. The zero-order chi connectivity index (χ0) is 21.5. The lowest BCUT2D eigenvalue weighted by molar-refractivity contribution is -0.122. The number of aryl methyl sites for hydroxylation is 2. The summed E-state index contributed by atoms with van der Waals surface area (Å²) in [6.45, 7) is 3.13. The van der Waals surface area contributed by atoms with E-state index >= 15 is 0 Å². The van der Waals surface area contributed by atoms with E-state index in [1.807, 2.05) is 10.6 Å². The maximum absolute atomic E-state index is 12.3. The van der Waals surface area contributed by atoms with Gasteiger partial charge in [0, 0.05) is 35.9 Å². The van der Waals surface area contributed by atoms with Gasteiger partial charge in [0.2, 0.25) is 5.91 Å². The summed E-state index contributed by atoms with van der Waals surface area (Å²) in [5.41, 5.74) is 10.4. The summed E-state index contributed by atoms with van der Waals surface area (Å²) in [4.78, 5) is 38.5. The minimum atomic E-state index is 0.109. The van der Waals surface area contributed by atoms with Crippen LogP contribution in [0, 0.1) is 5.92 Å². The highest BCUT2D eigenvalue weighted by Crippen LogP contribution is 2.36. The Kier molecular flexibility index (Phi) is 5.13. The number of hydrogen-bond acceptors (Lipinski definition) is 7. The predicted molar refractivity (Wildman–Crippen MR) is 118 cm³/mol. The molecule has 2 aliphatic rings. The number of ketones is 1. The van der Waals surface area contributed by atoms with E-state index in [1.165, 1.54) is 23.7 Å². The number of nitrogen functional groups attached to an aromatic ring is 1. The van der Waals surface area contributed by atoms with Gasteiger partial charge in [-0.15, -0.1) is 0 Å². The number of amides is 1. The van der Waals surface area contributed by atoms with Crippen molar-refractivity contribution < 1.29 is 9.59 Å². The molecule has 160 valence electrons. The van der Waals surface area contributed by atoms with Crippen molar-refractivity contribution in [3.63, 3.8) is 0 Å². The van der Waals surface area contributed by atoms with E-state index in [0.717, 1.165) is 46.9 Å². The summed E-state index contributed by atoms with van der Waals surface area (Å²) in [5, 5.41) is 3.72. The lowest BCUT2D eigenvalue weighted by Crippen LogP contribution is -2.28. The molecule has 1 saturated carbocycles. The summed E-state index contributed by atoms with van der Waals surface area (Å²) < 4.78 is 1.97. The first-order valence-electron chi connectivity index (χ1n) is 10.7. The molecular formula is C22H24N6O2S. The van der Waals surface area contributed by atoms with Gasteiger partial charge in [-0.1, -0.05) is 24.8 Å². The zero-order valence-electron chi connectivity index (χ0n) is 17.4. The Morgan fingerprint density at radius 3 is 2.90 bits per heavy atom. The Balaban J connectivity index is 1.49. The second kappa shape index (κ2) is 7.96. The molecule has 0 unspecified atom stereocenters. The number of hydrogen-bond donors (Lipinski definition) is 2. The minimum Gasteiger partial charge on any atom is -0.382 e. The first kappa shape index (κ1) is 20.0. The largest absolute Gasteiger partial charge is 0.382 e. The van der Waals surface area contributed by atoms with Crippen LogP contribution in [0.25, 0.3) is 11.2 Å². The molecule has 1 fully saturated rings. The van der Waals surface area contributed by atoms with Crippen molar-refractivity contribution >= 4 is 40.4 Å². The number of Topliss-reactive ketones (excluding diaryl/α,β-unsaturated/α-hetero) is 1. The molecule has 0 atom stereocenters. The van der Waals surface area contributed by atoms with E-state index in [-0.39, 0.29) is 17.6 Å². The Morgan fingerprint density at radius 2 is 2.13 bits per heavy atom. The normalized spacial score (nSPS) is 15.5. The fourth-order valence-corrected chi connectivity index (χ4v) is 5.12. The highest BCUT2D eigenvalue weighted by Gasteiger charge is 2.29. The smallest absolute Gasteiger partial charge is 0.223 e. The molecule has 2 aliphatic carbocycles. The third kappa shape index (κ3) is 3.78. The Morgan fingerprint density at radius 1 is 1.29 bits per heavy atom. The first-order chi connectivity index (χ1) is 15.0. The average Bonchev–Trinajstić information content (AvgIpc) is 3.48. The van der Waals surface area contributed by atoms with Crippen LogP contribution in [0.15, 0.2) is 28.5 Å². The van der Waals surface area contributed by atoms with Crippen molar-refractivity contribution in [1.29, 1.82) is 0 Å². The van der Waals surface area contributed by atoms with E-state index in [9.17, 15) is 9.59 Å². The SMILES string of the molecule is CCc1cc2c(cc1Sc1nc3c(N)ncnc3n1CCNC(=O)C1CC1)C(=O)CC2. The number of aromatic nitrogens is 4. The Labute approximate surface area is 184 Å². The van der Waals surface area contributed by atoms with Crippen molar-refractivity contribution in [2.75, 3.05) is 12.3 Å². The van der Waals surface area contributed by atoms with Crippen LogP contribution in [0.3, 0.4) is 0 Å². The summed E-state index contributed by atoms with van der Waals surface area (Å²) in [7, 11) is 0. The number of carbonyl (C=O) groups is 2. The molecule has 2 aromatic heterocycles. The second-order valence-electron chi connectivity index (χ2n) is 8.04. The van der Waals surface area contributed by atoms with Crippen molar-refractivity contribution in [3.8, 4) is 0 Å². The quantitative estimate of drug-likeness (QED) is 0.585. The average molecular weight is 437 g/mol. The van der Waals surface area contributed by atoms with Crippen LogP contribution in [-0.4, -0.2) is 37.8 Å². The number of rotatable bonds is 7. The molecule has 9 heteroatoms. The molecule has 0 spiro atoms. The van der Waals surface area contributed by atoms with Gasteiger partial charge in [-0.25, -0.2) is 15.0 Å². The maximum Gasteiger partial charge on any atom is 0.223 e. The van der Waals surface area contributed by atoms with E-state index in [4.69, 9.17) is 10.7 Å². The van der Waals surface area contributed by atoms with E-state index in [0.29, 0.717) is 36.5 Å². The van der Waals surface area contributed by atoms with Gasteiger partial charge in [-0.3, -0.25) is 9.59 Å². The third-order valence-electron chi connectivity index (χ3n) is 5.90. The molecule has 1 aromatic carbocycles. The van der Waals surface area contributed by atoms with Gasteiger partial charge in [-0.05, 0) is 42.9 Å². The molecule has 5 rings (SSSR count). The molecule has 0 bridgehead atoms. The Bertz CT molecular complexity index is 1200. The highest BCUT2D eigenvalue weighted by atomic mass is 32.2. The number of imidazole rings is 1. The first-order valence-corrected chi connectivity index (χ1v) is 11.5. The van der Waals surface area contributed by atoms with Crippen LogP contribution in [0.4, 0.5) is 5.82 Å². The van der Waals surface area contributed by atoms with Crippen LogP contribution in [0.5, 0.6) is 0 Å². The number of anilines is 1. The summed E-state index contributed by atoms with van der Waals surface area (Å²) >= 11 is 1.51. The van der Waals surface area contributed by atoms with Crippen LogP contribution < -0.4 is 11.1 Å². The number of carbonyl (C=O) groups excluding carboxylic acids is 2. The Hall–Kier alpha value is -2.94. The standard InChI is InChI=1S/C22H24N6O2S/c1-2-12-9-14-5-6-16(29)15(14)10-17(12)31-22-27-18-19(23)25-11-26-20(18)28(22)8-7-24-21(30)13-3-4-13/h9-11,13H,2-8H2,1H3,(H,24,30)(H2,23,25,26).